The van der Waals surface area contributed by atoms with Crippen molar-refractivity contribution < 1.29 is 12.8 Å². The fourth-order valence-electron chi connectivity index (χ4n) is 2.16. The van der Waals surface area contributed by atoms with Crippen LogP contribution in [0.15, 0.2) is 65.1 Å². The number of aryl methyl sites for hydroxylation is 1. The second kappa shape index (κ2) is 7.37. The molecule has 1 aromatic heterocycles. The number of nitrogens with zero attached hydrogens (tertiary/aromatic N) is 2. The van der Waals surface area contributed by atoms with Crippen LogP contribution in [0.3, 0.4) is 0 Å². The van der Waals surface area contributed by atoms with Crippen LogP contribution in [0.4, 0.5) is 0 Å². The van der Waals surface area contributed by atoms with Crippen molar-refractivity contribution in [3.8, 4) is 11.5 Å². The van der Waals surface area contributed by atoms with Crippen LogP contribution >= 0.6 is 0 Å². The van der Waals surface area contributed by atoms with Gasteiger partial charge in [-0.3, -0.25) is 0 Å². The zero-order chi connectivity index (χ0) is 16.8. The first-order chi connectivity index (χ1) is 11.6. The highest BCUT2D eigenvalue weighted by atomic mass is 32.2. The van der Waals surface area contributed by atoms with Crippen LogP contribution in [-0.4, -0.2) is 24.4 Å². The van der Waals surface area contributed by atoms with Crippen molar-refractivity contribution in [1.29, 1.82) is 0 Å². The highest BCUT2D eigenvalue weighted by molar-refractivity contribution is 7.89. The number of sulfonamides is 1. The van der Waals surface area contributed by atoms with Gasteiger partial charge in [0.15, 0.2) is 0 Å². The molecule has 0 aliphatic rings. The Morgan fingerprint density at radius 2 is 1.58 bits per heavy atom. The van der Waals surface area contributed by atoms with Gasteiger partial charge in [-0.25, -0.2) is 13.1 Å². The monoisotopic (exact) mass is 343 g/mol. The van der Waals surface area contributed by atoms with Gasteiger partial charge >= 0.3 is 0 Å². The third kappa shape index (κ3) is 4.50. The molecule has 0 fully saturated rings. The first kappa shape index (κ1) is 16.4. The van der Waals surface area contributed by atoms with E-state index in [0.29, 0.717) is 12.3 Å². The Bertz CT molecular complexity index is 878. The molecule has 124 valence electrons. The third-order valence-corrected chi connectivity index (χ3v) is 4.76. The SMILES string of the molecule is O=S(=O)(CCc1ccccc1)NCc1nnc(-c2ccccc2)o1. The molecule has 0 bridgehead atoms. The van der Waals surface area contributed by atoms with Crippen LogP contribution in [-0.2, 0) is 23.0 Å². The minimum Gasteiger partial charge on any atom is -0.419 e. The van der Waals surface area contributed by atoms with Crippen molar-refractivity contribution in [2.24, 2.45) is 0 Å². The van der Waals surface area contributed by atoms with Crippen molar-refractivity contribution >= 4 is 10.0 Å². The maximum atomic E-state index is 12.1. The molecule has 3 aromatic rings. The van der Waals surface area contributed by atoms with Crippen molar-refractivity contribution in [2.45, 2.75) is 13.0 Å². The Kier molecular flexibility index (Phi) is 5.02. The van der Waals surface area contributed by atoms with Gasteiger partial charge in [0.05, 0.1) is 12.3 Å². The molecule has 3 rings (SSSR count). The summed E-state index contributed by atoms with van der Waals surface area (Å²) in [6, 6.07) is 18.8. The van der Waals surface area contributed by atoms with Crippen LogP contribution in [0.2, 0.25) is 0 Å². The van der Waals surface area contributed by atoms with Gasteiger partial charge < -0.3 is 4.42 Å². The normalized spacial score (nSPS) is 11.5. The quantitative estimate of drug-likeness (QED) is 0.712. The van der Waals surface area contributed by atoms with Gasteiger partial charge in [-0.2, -0.15) is 0 Å². The van der Waals surface area contributed by atoms with Crippen molar-refractivity contribution in [1.82, 2.24) is 14.9 Å². The minimum absolute atomic E-state index is 0.0106. The first-order valence-corrected chi connectivity index (χ1v) is 9.17. The van der Waals surface area contributed by atoms with E-state index in [1.54, 1.807) is 0 Å². The van der Waals surface area contributed by atoms with E-state index < -0.39 is 10.0 Å². The maximum Gasteiger partial charge on any atom is 0.247 e. The van der Waals surface area contributed by atoms with Crippen molar-refractivity contribution in [2.75, 3.05) is 5.75 Å². The molecule has 1 heterocycles. The lowest BCUT2D eigenvalue weighted by molar-refractivity contribution is 0.494. The fourth-order valence-corrected chi connectivity index (χ4v) is 3.16. The van der Waals surface area contributed by atoms with E-state index in [9.17, 15) is 8.42 Å². The van der Waals surface area contributed by atoms with Gasteiger partial charge in [0.2, 0.25) is 21.8 Å². The predicted molar refractivity (Wildman–Crippen MR) is 90.5 cm³/mol. The maximum absolute atomic E-state index is 12.1. The Labute approximate surface area is 140 Å². The van der Waals surface area contributed by atoms with Crippen LogP contribution in [0.5, 0.6) is 0 Å². The summed E-state index contributed by atoms with van der Waals surface area (Å²) in [5.41, 5.74) is 1.77. The number of benzene rings is 2. The number of nitrogens with one attached hydrogen (secondary N) is 1. The smallest absolute Gasteiger partial charge is 0.247 e. The molecule has 0 saturated heterocycles. The third-order valence-electron chi connectivity index (χ3n) is 3.43. The lowest BCUT2D eigenvalue weighted by atomic mass is 10.2. The van der Waals surface area contributed by atoms with E-state index in [0.717, 1.165) is 11.1 Å². The fraction of sp³-hybridized carbons (Fsp3) is 0.176. The summed E-state index contributed by atoms with van der Waals surface area (Å²) >= 11 is 0. The summed E-state index contributed by atoms with van der Waals surface area (Å²) in [4.78, 5) is 0. The molecule has 1 N–H and O–H groups in total. The molecule has 0 saturated carbocycles. The van der Waals surface area contributed by atoms with Crippen LogP contribution in [0.1, 0.15) is 11.5 Å². The Morgan fingerprint density at radius 3 is 2.29 bits per heavy atom. The summed E-state index contributed by atoms with van der Waals surface area (Å²) in [7, 11) is -3.41. The zero-order valence-electron chi connectivity index (χ0n) is 12.9. The van der Waals surface area contributed by atoms with Crippen LogP contribution in [0.25, 0.3) is 11.5 Å². The Balaban J connectivity index is 1.56. The summed E-state index contributed by atoms with van der Waals surface area (Å²) in [5, 5.41) is 7.80. The highest BCUT2D eigenvalue weighted by Crippen LogP contribution is 2.16. The van der Waals surface area contributed by atoms with Gasteiger partial charge in [-0.15, -0.1) is 10.2 Å². The van der Waals surface area contributed by atoms with E-state index in [-0.39, 0.29) is 18.2 Å². The lowest BCUT2D eigenvalue weighted by Crippen LogP contribution is -2.27. The highest BCUT2D eigenvalue weighted by Gasteiger charge is 2.13. The number of hydrogen-bond donors (Lipinski definition) is 1. The van der Waals surface area contributed by atoms with Gasteiger partial charge in [-0.05, 0) is 24.1 Å². The summed E-state index contributed by atoms with van der Waals surface area (Å²) < 4.78 is 32.1. The molecule has 0 atom stereocenters. The van der Waals surface area contributed by atoms with Gasteiger partial charge in [-0.1, -0.05) is 48.5 Å². The largest absolute Gasteiger partial charge is 0.419 e. The molecule has 0 radical (unpaired) electrons. The average molecular weight is 343 g/mol. The predicted octanol–water partition coefficient (Wildman–Crippen LogP) is 2.40. The lowest BCUT2D eigenvalue weighted by Gasteiger charge is -2.04. The topological polar surface area (TPSA) is 85.1 Å². The molecule has 6 nitrogen and oxygen atoms in total. The Morgan fingerprint density at radius 1 is 0.917 bits per heavy atom. The van der Waals surface area contributed by atoms with Gasteiger partial charge in [0, 0.05) is 5.56 Å². The summed E-state index contributed by atoms with van der Waals surface area (Å²) in [5.74, 6) is 0.614. The molecular formula is C17H17N3O3S. The molecule has 7 heteroatoms. The van der Waals surface area contributed by atoms with E-state index in [4.69, 9.17) is 4.42 Å². The minimum atomic E-state index is -3.41. The number of hydrogen-bond acceptors (Lipinski definition) is 5. The Hall–Kier alpha value is -2.51. The van der Waals surface area contributed by atoms with Gasteiger partial charge in [0.1, 0.15) is 0 Å². The van der Waals surface area contributed by atoms with Crippen molar-refractivity contribution in [3.63, 3.8) is 0 Å². The molecule has 0 spiro atoms. The standard InChI is InChI=1S/C17H17N3O3S/c21-24(22,12-11-14-7-3-1-4-8-14)18-13-16-19-20-17(23-16)15-9-5-2-6-10-15/h1-10,18H,11-13H2. The van der Waals surface area contributed by atoms with E-state index in [2.05, 4.69) is 14.9 Å². The van der Waals surface area contributed by atoms with Crippen LogP contribution < -0.4 is 4.72 Å². The second-order valence-corrected chi connectivity index (χ2v) is 7.17. The molecule has 0 aliphatic carbocycles. The molecule has 0 amide bonds. The van der Waals surface area contributed by atoms with Crippen molar-refractivity contribution in [3.05, 3.63) is 72.1 Å². The number of rotatable bonds is 7. The second-order valence-electron chi connectivity index (χ2n) is 5.24. The van der Waals surface area contributed by atoms with E-state index in [1.807, 2.05) is 60.7 Å². The van der Waals surface area contributed by atoms with E-state index in [1.165, 1.54) is 0 Å². The van der Waals surface area contributed by atoms with Gasteiger partial charge in [0.25, 0.3) is 0 Å². The molecule has 2 aromatic carbocycles. The van der Waals surface area contributed by atoms with Crippen LogP contribution in [0, 0.1) is 0 Å². The zero-order valence-corrected chi connectivity index (χ0v) is 13.7. The summed E-state index contributed by atoms with van der Waals surface area (Å²) in [6.07, 6.45) is 0.454. The molecule has 24 heavy (non-hydrogen) atoms. The summed E-state index contributed by atoms with van der Waals surface area (Å²) in [6.45, 7) is -0.0169. The first-order valence-electron chi connectivity index (χ1n) is 7.51. The molecule has 0 unspecified atom stereocenters. The van der Waals surface area contributed by atoms with E-state index >= 15 is 0 Å². The molecular weight excluding hydrogens is 326 g/mol. The molecule has 0 aliphatic heterocycles. The number of aromatic nitrogens is 2. The average Bonchev–Trinajstić information content (AvgIpc) is 3.09.